The summed E-state index contributed by atoms with van der Waals surface area (Å²) in [6.07, 6.45) is 6.05. The van der Waals surface area contributed by atoms with E-state index in [1.54, 1.807) is 12.3 Å². The molecule has 5 nitrogen and oxygen atoms in total. The summed E-state index contributed by atoms with van der Waals surface area (Å²) in [6.45, 7) is 2.39. The lowest BCUT2D eigenvalue weighted by molar-refractivity contribution is -0.140. The molecule has 0 radical (unpaired) electrons. The third-order valence-electron chi connectivity index (χ3n) is 3.79. The molecule has 108 valence electrons. The standard InChI is InChI=1S/C15H21N3O2/c1-11-6-2-3-8-13(11)18-15(20)14(19)17-10-12-7-4-5-9-16-12/h4-5,7,9,11,13H,2-3,6,8,10H2,1H3,(H,17,19)(H,18,20)/t11-,13+/m1/s1. The maximum atomic E-state index is 11.8. The summed E-state index contributed by atoms with van der Waals surface area (Å²) in [5.41, 5.74) is 0.736. The van der Waals surface area contributed by atoms with E-state index >= 15 is 0 Å². The SMILES string of the molecule is C[C@@H]1CCCC[C@@H]1NC(=O)C(=O)NCc1ccccn1. The second kappa shape index (κ2) is 7.03. The van der Waals surface area contributed by atoms with Crippen molar-refractivity contribution < 1.29 is 9.59 Å². The number of nitrogens with zero attached hydrogens (tertiary/aromatic N) is 1. The Morgan fingerprint density at radius 2 is 2.05 bits per heavy atom. The minimum Gasteiger partial charge on any atom is -0.345 e. The third-order valence-corrected chi connectivity index (χ3v) is 3.79. The second-order valence-corrected chi connectivity index (χ2v) is 5.35. The van der Waals surface area contributed by atoms with Gasteiger partial charge in [0, 0.05) is 12.2 Å². The van der Waals surface area contributed by atoms with Crippen LogP contribution in [0.25, 0.3) is 0 Å². The Hall–Kier alpha value is -1.91. The van der Waals surface area contributed by atoms with E-state index in [9.17, 15) is 9.59 Å². The lowest BCUT2D eigenvalue weighted by atomic mass is 9.86. The molecule has 5 heteroatoms. The molecule has 2 amide bonds. The fourth-order valence-electron chi connectivity index (χ4n) is 2.52. The summed E-state index contributed by atoms with van der Waals surface area (Å²) in [6, 6.07) is 5.58. The van der Waals surface area contributed by atoms with Gasteiger partial charge in [0.25, 0.3) is 0 Å². The van der Waals surface area contributed by atoms with E-state index in [4.69, 9.17) is 0 Å². The molecule has 0 aromatic carbocycles. The van der Waals surface area contributed by atoms with Crippen LogP contribution < -0.4 is 10.6 Å². The van der Waals surface area contributed by atoms with Crippen molar-refractivity contribution in [2.24, 2.45) is 5.92 Å². The molecule has 0 spiro atoms. The number of carbonyl (C=O) groups excluding carboxylic acids is 2. The highest BCUT2D eigenvalue weighted by Crippen LogP contribution is 2.23. The van der Waals surface area contributed by atoms with Gasteiger partial charge in [0.15, 0.2) is 0 Å². The third kappa shape index (κ3) is 4.05. The van der Waals surface area contributed by atoms with Gasteiger partial charge in [-0.1, -0.05) is 25.8 Å². The van der Waals surface area contributed by atoms with Gasteiger partial charge in [-0.2, -0.15) is 0 Å². The van der Waals surface area contributed by atoms with Crippen molar-refractivity contribution in [1.82, 2.24) is 15.6 Å². The molecule has 2 atom stereocenters. The van der Waals surface area contributed by atoms with Crippen molar-refractivity contribution in [3.8, 4) is 0 Å². The number of carbonyl (C=O) groups is 2. The first-order chi connectivity index (χ1) is 9.66. The molecule has 0 unspecified atom stereocenters. The fourth-order valence-corrected chi connectivity index (χ4v) is 2.52. The van der Waals surface area contributed by atoms with Gasteiger partial charge in [0.1, 0.15) is 0 Å². The molecule has 0 saturated heterocycles. The molecule has 2 N–H and O–H groups in total. The van der Waals surface area contributed by atoms with Crippen molar-refractivity contribution in [1.29, 1.82) is 0 Å². The fraction of sp³-hybridized carbons (Fsp3) is 0.533. The van der Waals surface area contributed by atoms with Crippen LogP contribution in [0, 0.1) is 5.92 Å². The van der Waals surface area contributed by atoms with E-state index in [-0.39, 0.29) is 12.6 Å². The molecule has 0 aliphatic heterocycles. The largest absolute Gasteiger partial charge is 0.345 e. The minimum absolute atomic E-state index is 0.122. The number of hydrogen-bond donors (Lipinski definition) is 2. The Balaban J connectivity index is 1.78. The zero-order chi connectivity index (χ0) is 14.4. The molecule has 1 aliphatic carbocycles. The van der Waals surface area contributed by atoms with Crippen LogP contribution in [-0.4, -0.2) is 22.8 Å². The Bertz CT molecular complexity index is 461. The van der Waals surface area contributed by atoms with Crippen LogP contribution in [0.15, 0.2) is 24.4 Å². The highest BCUT2D eigenvalue weighted by atomic mass is 16.2. The van der Waals surface area contributed by atoms with Crippen LogP contribution in [0.3, 0.4) is 0 Å². The lowest BCUT2D eigenvalue weighted by Crippen LogP contribution is -2.47. The highest BCUT2D eigenvalue weighted by molar-refractivity contribution is 6.35. The van der Waals surface area contributed by atoms with Crippen LogP contribution in [0.4, 0.5) is 0 Å². The molecule has 1 aliphatic rings. The molecule has 1 heterocycles. The summed E-state index contributed by atoms with van der Waals surface area (Å²) < 4.78 is 0. The number of amides is 2. The molecule has 0 bridgehead atoms. The Morgan fingerprint density at radius 1 is 1.25 bits per heavy atom. The number of aromatic nitrogens is 1. The van der Waals surface area contributed by atoms with Crippen LogP contribution in [-0.2, 0) is 16.1 Å². The van der Waals surface area contributed by atoms with Crippen LogP contribution in [0.1, 0.15) is 38.3 Å². The summed E-state index contributed by atoms with van der Waals surface area (Å²) in [7, 11) is 0. The van der Waals surface area contributed by atoms with Gasteiger partial charge < -0.3 is 10.6 Å². The number of nitrogens with one attached hydrogen (secondary N) is 2. The van der Waals surface area contributed by atoms with E-state index in [0.29, 0.717) is 5.92 Å². The minimum atomic E-state index is -0.589. The maximum Gasteiger partial charge on any atom is 0.309 e. The first-order valence-corrected chi connectivity index (χ1v) is 7.15. The van der Waals surface area contributed by atoms with Crippen molar-refractivity contribution >= 4 is 11.8 Å². The van der Waals surface area contributed by atoms with E-state index in [0.717, 1.165) is 25.0 Å². The van der Waals surface area contributed by atoms with Crippen molar-refractivity contribution in [2.45, 2.75) is 45.2 Å². The quantitative estimate of drug-likeness (QED) is 0.819. The summed E-state index contributed by atoms with van der Waals surface area (Å²) in [5, 5.41) is 5.42. The zero-order valence-corrected chi connectivity index (χ0v) is 11.8. The summed E-state index contributed by atoms with van der Waals surface area (Å²) in [4.78, 5) is 27.7. The van der Waals surface area contributed by atoms with E-state index in [1.807, 2.05) is 12.1 Å². The van der Waals surface area contributed by atoms with Crippen molar-refractivity contribution in [3.05, 3.63) is 30.1 Å². The average molecular weight is 275 g/mol. The summed E-state index contributed by atoms with van der Waals surface area (Å²) in [5.74, 6) is -0.690. The Kier molecular flexibility index (Phi) is 5.09. The molecule has 20 heavy (non-hydrogen) atoms. The zero-order valence-electron chi connectivity index (χ0n) is 11.8. The smallest absolute Gasteiger partial charge is 0.309 e. The topological polar surface area (TPSA) is 71.1 Å². The molecule has 1 aromatic rings. The number of rotatable bonds is 3. The molecular weight excluding hydrogens is 254 g/mol. The number of pyridine rings is 1. The first-order valence-electron chi connectivity index (χ1n) is 7.15. The molecule has 1 aromatic heterocycles. The second-order valence-electron chi connectivity index (χ2n) is 5.35. The van der Waals surface area contributed by atoms with E-state index in [1.165, 1.54) is 6.42 Å². The van der Waals surface area contributed by atoms with Crippen LogP contribution >= 0.6 is 0 Å². The van der Waals surface area contributed by atoms with Gasteiger partial charge >= 0.3 is 11.8 Å². The van der Waals surface area contributed by atoms with E-state index in [2.05, 4.69) is 22.5 Å². The van der Waals surface area contributed by atoms with Crippen molar-refractivity contribution in [3.63, 3.8) is 0 Å². The normalized spacial score (nSPS) is 22.1. The average Bonchev–Trinajstić information content (AvgIpc) is 2.48. The predicted octanol–water partition coefficient (Wildman–Crippen LogP) is 1.39. The van der Waals surface area contributed by atoms with Gasteiger partial charge in [-0.15, -0.1) is 0 Å². The monoisotopic (exact) mass is 275 g/mol. The Labute approximate surface area is 119 Å². The number of hydrogen-bond acceptors (Lipinski definition) is 3. The van der Waals surface area contributed by atoms with Crippen LogP contribution in [0.5, 0.6) is 0 Å². The highest BCUT2D eigenvalue weighted by Gasteiger charge is 2.25. The molecular formula is C15H21N3O2. The maximum absolute atomic E-state index is 11.8. The van der Waals surface area contributed by atoms with Crippen molar-refractivity contribution in [2.75, 3.05) is 0 Å². The van der Waals surface area contributed by atoms with Crippen LogP contribution in [0.2, 0.25) is 0 Å². The van der Waals surface area contributed by atoms with E-state index < -0.39 is 11.8 Å². The predicted molar refractivity (Wildman–Crippen MR) is 75.6 cm³/mol. The van der Waals surface area contributed by atoms with Gasteiger partial charge in [-0.05, 0) is 30.9 Å². The van der Waals surface area contributed by atoms with Gasteiger partial charge in [0.05, 0.1) is 12.2 Å². The van der Waals surface area contributed by atoms with Gasteiger partial charge in [0.2, 0.25) is 0 Å². The first kappa shape index (κ1) is 14.5. The van der Waals surface area contributed by atoms with Gasteiger partial charge in [-0.3, -0.25) is 14.6 Å². The molecule has 1 fully saturated rings. The summed E-state index contributed by atoms with van der Waals surface area (Å²) >= 11 is 0. The Morgan fingerprint density at radius 3 is 2.75 bits per heavy atom. The molecule has 2 rings (SSSR count). The van der Waals surface area contributed by atoms with Gasteiger partial charge in [-0.25, -0.2) is 0 Å². The lowest BCUT2D eigenvalue weighted by Gasteiger charge is -2.29. The molecule has 1 saturated carbocycles.